The Morgan fingerprint density at radius 2 is 1.81 bits per heavy atom. The Labute approximate surface area is 244 Å². The van der Waals surface area contributed by atoms with Crippen molar-refractivity contribution in [3.8, 4) is 0 Å². The fourth-order valence-corrected chi connectivity index (χ4v) is 5.42. The Morgan fingerprint density at radius 3 is 2.50 bits per heavy atom. The Bertz CT molecular complexity index is 1610. The molecule has 218 valence electrons. The molecular formula is C31H35F2N9. The summed E-state index contributed by atoms with van der Waals surface area (Å²) in [7, 11) is 2.14. The lowest BCUT2D eigenvalue weighted by Gasteiger charge is -2.36. The predicted octanol–water partition coefficient (Wildman–Crippen LogP) is 4.61. The van der Waals surface area contributed by atoms with E-state index in [1.807, 2.05) is 31.5 Å². The largest absolute Gasteiger partial charge is 0.382 e. The van der Waals surface area contributed by atoms with E-state index in [2.05, 4.69) is 72.8 Å². The zero-order valence-corrected chi connectivity index (χ0v) is 23.9. The van der Waals surface area contributed by atoms with Gasteiger partial charge in [0, 0.05) is 87.0 Å². The van der Waals surface area contributed by atoms with Gasteiger partial charge in [-0.15, -0.1) is 0 Å². The van der Waals surface area contributed by atoms with Gasteiger partial charge in [-0.3, -0.25) is 0 Å². The summed E-state index contributed by atoms with van der Waals surface area (Å²) >= 11 is 0. The molecule has 11 heteroatoms. The van der Waals surface area contributed by atoms with Crippen LogP contribution in [0.1, 0.15) is 40.8 Å². The van der Waals surface area contributed by atoms with Crippen molar-refractivity contribution in [2.75, 3.05) is 43.4 Å². The topological polar surface area (TPSA) is 86.5 Å². The molecule has 4 aromatic heterocycles. The van der Waals surface area contributed by atoms with E-state index in [0.717, 1.165) is 71.0 Å². The minimum absolute atomic E-state index is 0.183. The van der Waals surface area contributed by atoms with Crippen LogP contribution in [0.25, 0.3) is 16.8 Å². The number of nitrogens with zero attached hydrogens (tertiary/aromatic N) is 7. The van der Waals surface area contributed by atoms with Crippen molar-refractivity contribution in [3.63, 3.8) is 0 Å². The van der Waals surface area contributed by atoms with Crippen LogP contribution < -0.4 is 15.5 Å². The molecule has 1 saturated heterocycles. The molecule has 5 heterocycles. The maximum Gasteiger partial charge on any atom is 0.252 e. The van der Waals surface area contributed by atoms with E-state index < -0.39 is 5.92 Å². The lowest BCUT2D eigenvalue weighted by Crippen LogP contribution is -2.47. The fourth-order valence-electron chi connectivity index (χ4n) is 5.42. The summed E-state index contributed by atoms with van der Waals surface area (Å²) in [6.07, 6.45) is 6.85. The van der Waals surface area contributed by atoms with E-state index in [-0.39, 0.29) is 18.9 Å². The van der Waals surface area contributed by atoms with Gasteiger partial charge in [0.15, 0.2) is 0 Å². The van der Waals surface area contributed by atoms with Gasteiger partial charge in [-0.05, 0) is 48.9 Å². The first kappa shape index (κ1) is 27.8. The Morgan fingerprint density at radius 1 is 1.02 bits per heavy atom. The number of halogens is 2. The van der Waals surface area contributed by atoms with Crippen molar-refractivity contribution in [1.29, 1.82) is 0 Å². The molecule has 0 atom stereocenters. The van der Waals surface area contributed by atoms with Gasteiger partial charge < -0.3 is 20.4 Å². The predicted molar refractivity (Wildman–Crippen MR) is 162 cm³/mol. The number of piperazine rings is 1. The number of fused-ring (bicyclic) bond motifs is 1. The number of rotatable bonds is 9. The highest BCUT2D eigenvalue weighted by Crippen LogP contribution is 2.38. The van der Waals surface area contributed by atoms with Crippen molar-refractivity contribution in [1.82, 2.24) is 34.8 Å². The lowest BCUT2D eigenvalue weighted by atomic mass is 9.88. The maximum atomic E-state index is 13.3. The van der Waals surface area contributed by atoms with Gasteiger partial charge in [0.05, 0.1) is 17.4 Å². The van der Waals surface area contributed by atoms with E-state index in [1.165, 1.54) is 0 Å². The molecule has 1 saturated carbocycles. The minimum atomic E-state index is -2.59. The van der Waals surface area contributed by atoms with Gasteiger partial charge >= 0.3 is 0 Å². The van der Waals surface area contributed by atoms with E-state index in [4.69, 9.17) is 0 Å². The SMILES string of the molecule is C=C(c1ccn2ncc(C(=C)NC3CC(F)(F)C3)c2c1)c1cnc(NCc2ccc(N3CCN(C)CC3)nc2)nc1C. The summed E-state index contributed by atoms with van der Waals surface area (Å²) in [6, 6.07) is 7.77. The average molecular weight is 572 g/mol. The van der Waals surface area contributed by atoms with E-state index in [1.54, 1.807) is 16.9 Å². The fraction of sp³-hybridized carbons (Fsp3) is 0.355. The summed E-state index contributed by atoms with van der Waals surface area (Å²) < 4.78 is 28.3. The van der Waals surface area contributed by atoms with Crippen LogP contribution in [0, 0.1) is 6.92 Å². The Kier molecular flexibility index (Phi) is 7.36. The van der Waals surface area contributed by atoms with Crippen LogP contribution in [0.5, 0.6) is 0 Å². The molecule has 0 bridgehead atoms. The number of hydrogen-bond acceptors (Lipinski definition) is 8. The number of anilines is 2. The van der Waals surface area contributed by atoms with Gasteiger partial charge in [-0.1, -0.05) is 19.2 Å². The molecule has 0 amide bonds. The summed E-state index contributed by atoms with van der Waals surface area (Å²) in [5, 5.41) is 10.8. The number of pyridine rings is 2. The van der Waals surface area contributed by atoms with Gasteiger partial charge in [-0.2, -0.15) is 5.10 Å². The minimum Gasteiger partial charge on any atom is -0.382 e. The number of alkyl halides is 2. The standard InChI is InChI=1S/C31H35F2N9/c1-20(24-7-8-42-28(13-24)27(19-37-42)22(3)38-25-14-31(32,33)15-25)26-18-36-30(39-21(26)2)35-17-23-5-6-29(34-16-23)41-11-9-40(4)10-12-41/h5-8,13,16,18-19,25,38H,1,3,9-12,14-15,17H2,2,4H3,(H,35,36,39). The van der Waals surface area contributed by atoms with Crippen LogP contribution in [0.3, 0.4) is 0 Å². The summed E-state index contributed by atoms with van der Waals surface area (Å²) in [5.74, 6) is -1.06. The maximum absolute atomic E-state index is 13.3. The third kappa shape index (κ3) is 5.82. The molecule has 1 aliphatic heterocycles. The molecule has 2 aliphatic rings. The quantitative estimate of drug-likeness (QED) is 0.301. The number of hydrogen-bond donors (Lipinski definition) is 2. The molecule has 9 nitrogen and oxygen atoms in total. The average Bonchev–Trinajstić information content (AvgIpc) is 3.39. The highest BCUT2D eigenvalue weighted by atomic mass is 19.3. The summed E-state index contributed by atoms with van der Waals surface area (Å²) in [5.41, 5.74) is 6.48. The van der Waals surface area contributed by atoms with Crippen LogP contribution in [0.2, 0.25) is 0 Å². The first-order valence-corrected chi connectivity index (χ1v) is 14.1. The van der Waals surface area contributed by atoms with Crippen LogP contribution in [-0.4, -0.2) is 74.7 Å². The highest BCUT2D eigenvalue weighted by Gasteiger charge is 2.45. The third-order valence-corrected chi connectivity index (χ3v) is 8.06. The molecule has 0 aromatic carbocycles. The molecule has 2 N–H and O–H groups in total. The van der Waals surface area contributed by atoms with Crippen molar-refractivity contribution >= 4 is 28.6 Å². The van der Waals surface area contributed by atoms with Crippen LogP contribution >= 0.6 is 0 Å². The molecule has 0 spiro atoms. The number of aromatic nitrogens is 5. The lowest BCUT2D eigenvalue weighted by molar-refractivity contribution is -0.0891. The summed E-state index contributed by atoms with van der Waals surface area (Å²) in [4.78, 5) is 18.5. The number of likely N-dealkylation sites (N-methyl/N-ethyl adjacent to an activating group) is 1. The van der Waals surface area contributed by atoms with E-state index >= 15 is 0 Å². The van der Waals surface area contributed by atoms with Crippen LogP contribution in [0.15, 0.2) is 62.2 Å². The van der Waals surface area contributed by atoms with Gasteiger partial charge in [0.25, 0.3) is 5.92 Å². The van der Waals surface area contributed by atoms with Gasteiger partial charge in [0.2, 0.25) is 5.95 Å². The monoisotopic (exact) mass is 571 g/mol. The molecule has 0 radical (unpaired) electrons. The number of aryl methyl sites for hydroxylation is 1. The molecule has 42 heavy (non-hydrogen) atoms. The second-order valence-electron chi connectivity index (χ2n) is 11.2. The molecular weight excluding hydrogens is 536 g/mol. The second-order valence-corrected chi connectivity index (χ2v) is 11.2. The van der Waals surface area contributed by atoms with Crippen LogP contribution in [0.4, 0.5) is 20.5 Å². The van der Waals surface area contributed by atoms with Crippen molar-refractivity contribution < 1.29 is 8.78 Å². The van der Waals surface area contributed by atoms with E-state index in [9.17, 15) is 8.78 Å². The van der Waals surface area contributed by atoms with Crippen molar-refractivity contribution in [2.45, 2.75) is 38.3 Å². The second kappa shape index (κ2) is 11.1. The Hall–Kier alpha value is -4.38. The highest BCUT2D eigenvalue weighted by molar-refractivity contribution is 5.83. The Balaban J connectivity index is 1.10. The normalized spacial score (nSPS) is 17.2. The van der Waals surface area contributed by atoms with Crippen molar-refractivity contribution in [3.05, 3.63) is 90.2 Å². The zero-order chi connectivity index (χ0) is 29.4. The van der Waals surface area contributed by atoms with Crippen LogP contribution in [-0.2, 0) is 6.54 Å². The zero-order valence-electron chi connectivity index (χ0n) is 23.9. The molecule has 6 rings (SSSR count). The van der Waals surface area contributed by atoms with Gasteiger partial charge in [-0.25, -0.2) is 28.2 Å². The molecule has 0 unspecified atom stereocenters. The van der Waals surface area contributed by atoms with Gasteiger partial charge in [0.1, 0.15) is 5.82 Å². The molecule has 4 aromatic rings. The first-order valence-electron chi connectivity index (χ1n) is 14.1. The number of nitrogens with one attached hydrogen (secondary N) is 2. The third-order valence-electron chi connectivity index (χ3n) is 8.06. The smallest absolute Gasteiger partial charge is 0.252 e. The van der Waals surface area contributed by atoms with E-state index in [0.29, 0.717) is 18.2 Å². The molecule has 1 aliphatic carbocycles. The molecule has 2 fully saturated rings. The summed E-state index contributed by atoms with van der Waals surface area (Å²) in [6.45, 7) is 14.9. The first-order chi connectivity index (χ1) is 20.1. The van der Waals surface area contributed by atoms with Crippen molar-refractivity contribution in [2.24, 2.45) is 0 Å².